The molecule has 0 saturated heterocycles. The van der Waals surface area contributed by atoms with Crippen LogP contribution in [0.3, 0.4) is 0 Å². The van der Waals surface area contributed by atoms with E-state index in [1.165, 1.54) is 83.5 Å². The Balaban J connectivity index is -0.000000772. The minimum absolute atomic E-state index is 0. The predicted molar refractivity (Wildman–Crippen MR) is 95.0 cm³/mol. The summed E-state index contributed by atoms with van der Waals surface area (Å²) in [5, 5.41) is 10.2. The molecule has 0 aromatic heterocycles. The van der Waals surface area contributed by atoms with Crippen LogP contribution in [0.15, 0.2) is 0 Å². The smallest absolute Gasteiger partial charge is 0.759 e. The van der Waals surface area contributed by atoms with Crippen molar-refractivity contribution in [1.29, 1.82) is 0 Å². The van der Waals surface area contributed by atoms with Crippen LogP contribution < -0.4 is 5.11 Å². The van der Waals surface area contributed by atoms with Crippen LogP contribution in [0.1, 0.15) is 110 Å². The van der Waals surface area contributed by atoms with Crippen LogP contribution >= 0.6 is 0 Å². The minimum atomic E-state index is -5.17. The van der Waals surface area contributed by atoms with E-state index in [0.717, 1.165) is 12.8 Å². The fourth-order valence-electron chi connectivity index (χ4n) is 2.64. The quantitative estimate of drug-likeness (QED) is 0.155. The van der Waals surface area contributed by atoms with E-state index in [1.807, 2.05) is 0 Å². The van der Waals surface area contributed by atoms with Crippen molar-refractivity contribution in [2.45, 2.75) is 110 Å². The summed E-state index contributed by atoms with van der Waals surface area (Å²) >= 11 is 0. The Morgan fingerprint density at radius 2 is 0.885 bits per heavy atom. The molecule has 8 heteroatoms. The molecule has 0 saturated carbocycles. The number of aliphatic carboxylic acids is 1. The molecule has 0 unspecified atom stereocenters. The minimum Gasteiger partial charge on any atom is -0.759 e. The molecule has 6 nitrogen and oxygen atoms in total. The monoisotopic (exact) mass is 442 g/mol. The van der Waals surface area contributed by atoms with Crippen molar-refractivity contribution in [1.82, 2.24) is 0 Å². The Morgan fingerprint density at radius 3 is 1.12 bits per heavy atom. The molecule has 0 fully saturated rings. The Labute approximate surface area is 170 Å². The van der Waals surface area contributed by atoms with Crippen molar-refractivity contribution in [2.24, 2.45) is 0 Å². The van der Waals surface area contributed by atoms with Crippen molar-refractivity contribution in [2.75, 3.05) is 0 Å². The van der Waals surface area contributed by atoms with Crippen LogP contribution in [0.5, 0.6) is 0 Å². The van der Waals surface area contributed by atoms with Gasteiger partial charge in [0.15, 0.2) is 0 Å². The molecule has 0 aromatic rings. The second-order valence-electron chi connectivity index (χ2n) is 6.48. The van der Waals surface area contributed by atoms with E-state index in [0.29, 0.717) is 0 Å². The maximum absolute atomic E-state index is 10.2. The summed E-state index contributed by atoms with van der Waals surface area (Å²) in [6.45, 7) is 2.27. The van der Waals surface area contributed by atoms with Crippen molar-refractivity contribution in [3.63, 3.8) is 0 Å². The van der Waals surface area contributed by atoms with E-state index in [-0.39, 0.29) is 23.5 Å². The largest absolute Gasteiger partial charge is 3.00 e. The number of hydrogen-bond donors (Lipinski definition) is 0. The van der Waals surface area contributed by atoms with Gasteiger partial charge in [-0.15, -0.1) is 0 Å². The van der Waals surface area contributed by atoms with Gasteiger partial charge in [-0.05, 0) is 12.8 Å². The Hall–Kier alpha value is -0.141. The molecule has 0 bridgehead atoms. The Kier molecular flexibility index (Phi) is 26.9. The van der Waals surface area contributed by atoms with Gasteiger partial charge < -0.3 is 19.0 Å². The fourth-order valence-corrected chi connectivity index (χ4v) is 2.64. The molecule has 160 valence electrons. The van der Waals surface area contributed by atoms with E-state index in [9.17, 15) is 9.90 Å². The summed E-state index contributed by atoms with van der Waals surface area (Å²) in [7, 11) is -5.17. The third kappa shape index (κ3) is 43.9. The van der Waals surface area contributed by atoms with Gasteiger partial charge in [0.2, 0.25) is 0 Å². The third-order valence-electron chi connectivity index (χ3n) is 3.98. The van der Waals surface area contributed by atoms with Crippen LogP contribution in [0.4, 0.5) is 0 Å². The molecule has 0 aliphatic heterocycles. The summed E-state index contributed by atoms with van der Waals surface area (Å²) in [4.78, 5) is 10.2. The molecule has 0 spiro atoms. The number of carboxylic acid groups (broad SMARTS) is 1. The van der Waals surface area contributed by atoms with Gasteiger partial charge in [-0.25, -0.2) is 0 Å². The zero-order valence-electron chi connectivity index (χ0n) is 16.0. The molecule has 0 heterocycles. The Morgan fingerprint density at radius 1 is 0.654 bits per heavy atom. The zero-order valence-corrected chi connectivity index (χ0v) is 17.7. The van der Waals surface area contributed by atoms with Gasteiger partial charge in [0, 0.05) is 16.4 Å². The van der Waals surface area contributed by atoms with E-state index in [1.54, 1.807) is 0 Å². The zero-order chi connectivity index (χ0) is 19.4. The number of unbranched alkanes of at least 4 members (excludes halogenated alkanes) is 14. The molecule has 0 atom stereocenters. The van der Waals surface area contributed by atoms with E-state index >= 15 is 0 Å². The topological polar surface area (TPSA) is 120 Å². The van der Waals surface area contributed by atoms with Gasteiger partial charge in [-0.3, -0.25) is 8.42 Å². The first kappa shape index (κ1) is 30.6. The van der Waals surface area contributed by atoms with E-state index in [4.69, 9.17) is 17.5 Å². The van der Waals surface area contributed by atoms with Gasteiger partial charge >= 0.3 is 17.1 Å². The standard InChI is InChI=1S/C18H36O2.Cu.H2O4S/c1-2-3-4-5-6-7-8-9-10-11-12-13-14-15-16-17-18(19)20;;1-5(2,3)4/h2-17H2,1H3,(H,19,20);;(H2,1,2,3,4)/q;+3;/p-3. The normalized spacial score (nSPS) is 10.6. The summed E-state index contributed by atoms with van der Waals surface area (Å²) in [6.07, 6.45) is 19.9. The van der Waals surface area contributed by atoms with E-state index in [2.05, 4.69) is 6.92 Å². The fraction of sp³-hybridized carbons (Fsp3) is 0.944. The molecule has 0 amide bonds. The number of hydrogen-bond acceptors (Lipinski definition) is 6. The predicted octanol–water partition coefficient (Wildman–Crippen LogP) is 3.66. The molecule has 0 N–H and O–H groups in total. The van der Waals surface area contributed by atoms with Crippen molar-refractivity contribution < 1.29 is 44.5 Å². The molecule has 0 aliphatic carbocycles. The second kappa shape index (κ2) is 22.9. The molecular formula is C18H35CuO6S. The average Bonchev–Trinajstić information content (AvgIpc) is 2.49. The van der Waals surface area contributed by atoms with E-state index < -0.39 is 16.4 Å². The van der Waals surface area contributed by atoms with Crippen LogP contribution in [-0.2, 0) is 32.3 Å². The number of carboxylic acids is 1. The molecule has 0 aromatic carbocycles. The summed E-state index contributed by atoms with van der Waals surface area (Å²) in [5.74, 6) is -0.903. The maximum atomic E-state index is 10.2. The first-order chi connectivity index (χ1) is 11.8. The summed E-state index contributed by atoms with van der Waals surface area (Å²) in [6, 6.07) is 0. The number of rotatable bonds is 16. The number of carbonyl (C=O) groups excluding carboxylic acids is 1. The third-order valence-corrected chi connectivity index (χ3v) is 3.98. The van der Waals surface area contributed by atoms with Crippen molar-refractivity contribution in [3.8, 4) is 0 Å². The summed E-state index contributed by atoms with van der Waals surface area (Å²) < 4.78 is 34.1. The van der Waals surface area contributed by atoms with Crippen molar-refractivity contribution in [3.05, 3.63) is 0 Å². The van der Waals surface area contributed by atoms with Crippen LogP contribution in [0, 0.1) is 0 Å². The first-order valence-electron chi connectivity index (χ1n) is 9.64. The van der Waals surface area contributed by atoms with Gasteiger partial charge in [-0.2, -0.15) is 0 Å². The molecule has 0 radical (unpaired) electrons. The Bertz CT molecular complexity index is 379. The van der Waals surface area contributed by atoms with Gasteiger partial charge in [0.25, 0.3) is 0 Å². The van der Waals surface area contributed by atoms with Crippen molar-refractivity contribution >= 4 is 16.4 Å². The SMILES string of the molecule is CCCCCCCCCCCCCCCCCC(=O)[O-].O=S(=O)([O-])[O-].[Cu+3]. The first-order valence-corrected chi connectivity index (χ1v) is 11.0. The van der Waals surface area contributed by atoms with Crippen LogP contribution in [0.25, 0.3) is 0 Å². The van der Waals surface area contributed by atoms with Gasteiger partial charge in [-0.1, -0.05) is 96.8 Å². The van der Waals surface area contributed by atoms with Crippen LogP contribution in [0.2, 0.25) is 0 Å². The summed E-state index contributed by atoms with van der Waals surface area (Å²) in [5.41, 5.74) is 0. The maximum Gasteiger partial charge on any atom is 3.00 e. The molecular weight excluding hydrogens is 408 g/mol. The second-order valence-corrected chi connectivity index (χ2v) is 7.30. The molecule has 0 rings (SSSR count). The molecule has 26 heavy (non-hydrogen) atoms. The average molecular weight is 443 g/mol. The molecule has 0 aliphatic rings. The van der Waals surface area contributed by atoms with Gasteiger partial charge in [0.1, 0.15) is 0 Å². The van der Waals surface area contributed by atoms with Gasteiger partial charge in [0.05, 0.1) is 0 Å². The number of carbonyl (C=O) groups is 1. The van der Waals surface area contributed by atoms with Crippen LogP contribution in [-0.4, -0.2) is 23.5 Å².